The van der Waals surface area contributed by atoms with Gasteiger partial charge >= 0.3 is 0 Å². The minimum absolute atomic E-state index is 0.138. The minimum atomic E-state index is -0.618. The third-order valence-corrected chi connectivity index (χ3v) is 2.13. The van der Waals surface area contributed by atoms with Gasteiger partial charge in [-0.05, 0) is 18.2 Å². The molecule has 0 aromatic heterocycles. The molecule has 6 heteroatoms. The molecule has 6 nitrogen and oxygen atoms in total. The van der Waals surface area contributed by atoms with Gasteiger partial charge in [0.15, 0.2) is 0 Å². The third-order valence-electron chi connectivity index (χ3n) is 2.13. The Morgan fingerprint density at radius 2 is 2.12 bits per heavy atom. The Kier molecular flexibility index (Phi) is 4.33. The van der Waals surface area contributed by atoms with Gasteiger partial charge in [-0.2, -0.15) is 0 Å². The van der Waals surface area contributed by atoms with Gasteiger partial charge in [-0.25, -0.2) is 0 Å². The van der Waals surface area contributed by atoms with E-state index in [4.69, 9.17) is 16.2 Å². The molecule has 5 N–H and O–H groups in total. The molecule has 0 heterocycles. The van der Waals surface area contributed by atoms with Gasteiger partial charge in [0.1, 0.15) is 5.75 Å². The van der Waals surface area contributed by atoms with Crippen LogP contribution in [0, 0.1) is 0 Å². The number of nitrogens with one attached hydrogen (secondary N) is 1. The van der Waals surface area contributed by atoms with Crippen LogP contribution < -0.4 is 21.5 Å². The molecule has 0 aliphatic carbocycles. The predicted octanol–water partition coefficient (Wildman–Crippen LogP) is -0.117. The van der Waals surface area contributed by atoms with E-state index in [0.29, 0.717) is 11.4 Å². The van der Waals surface area contributed by atoms with Gasteiger partial charge in [-0.15, -0.1) is 0 Å². The smallest absolute Gasteiger partial charge is 0.252 e. The Balaban J connectivity index is 2.70. The first-order valence-electron chi connectivity index (χ1n) is 5.07. The quantitative estimate of drug-likeness (QED) is 0.620. The van der Waals surface area contributed by atoms with Crippen molar-refractivity contribution in [3.05, 3.63) is 23.8 Å². The average Bonchev–Trinajstić information content (AvgIpc) is 2.30. The maximum Gasteiger partial charge on any atom is 0.252 e. The van der Waals surface area contributed by atoms with E-state index < -0.39 is 5.91 Å². The van der Waals surface area contributed by atoms with E-state index in [2.05, 4.69) is 5.32 Å². The summed E-state index contributed by atoms with van der Waals surface area (Å²) in [5, 5.41) is 2.47. The molecule has 2 amide bonds. The fraction of sp³-hybridized carbons (Fsp3) is 0.273. The molecule has 0 radical (unpaired) electrons. The summed E-state index contributed by atoms with van der Waals surface area (Å²) >= 11 is 0. The van der Waals surface area contributed by atoms with E-state index in [-0.39, 0.29) is 24.5 Å². The summed E-state index contributed by atoms with van der Waals surface area (Å²) in [4.78, 5) is 22.1. The molecule has 1 aromatic rings. The van der Waals surface area contributed by atoms with Crippen molar-refractivity contribution in [1.82, 2.24) is 5.32 Å². The van der Waals surface area contributed by atoms with Crippen LogP contribution in [0.1, 0.15) is 16.8 Å². The maximum absolute atomic E-state index is 11.1. The van der Waals surface area contributed by atoms with Crippen molar-refractivity contribution in [2.75, 3.05) is 19.4 Å². The van der Waals surface area contributed by atoms with E-state index in [0.717, 1.165) is 0 Å². The van der Waals surface area contributed by atoms with E-state index in [1.807, 2.05) is 0 Å². The van der Waals surface area contributed by atoms with Crippen molar-refractivity contribution in [1.29, 1.82) is 0 Å². The van der Waals surface area contributed by atoms with E-state index in [1.165, 1.54) is 6.07 Å². The number of carbonyl (C=O) groups is 2. The SMILES string of the molecule is CNC(=O)CCOc1ccc(N)cc1C(N)=O. The summed E-state index contributed by atoms with van der Waals surface area (Å²) in [6, 6.07) is 4.60. The van der Waals surface area contributed by atoms with Crippen molar-refractivity contribution in [2.45, 2.75) is 6.42 Å². The zero-order chi connectivity index (χ0) is 12.8. The van der Waals surface area contributed by atoms with Crippen LogP contribution in [0.3, 0.4) is 0 Å². The van der Waals surface area contributed by atoms with Gasteiger partial charge < -0.3 is 21.5 Å². The predicted molar refractivity (Wildman–Crippen MR) is 63.6 cm³/mol. The Hall–Kier alpha value is -2.24. The lowest BCUT2D eigenvalue weighted by molar-refractivity contribution is -0.121. The number of hydrogen-bond donors (Lipinski definition) is 3. The van der Waals surface area contributed by atoms with Crippen LogP contribution in [0.15, 0.2) is 18.2 Å². The highest BCUT2D eigenvalue weighted by atomic mass is 16.5. The summed E-state index contributed by atoms with van der Waals surface area (Å²) in [7, 11) is 1.54. The third kappa shape index (κ3) is 3.67. The molecule has 1 rings (SSSR count). The zero-order valence-electron chi connectivity index (χ0n) is 9.53. The molecule has 0 bridgehead atoms. The van der Waals surface area contributed by atoms with Crippen LogP contribution in [0.2, 0.25) is 0 Å². The molecule has 0 unspecified atom stereocenters. The molecule has 17 heavy (non-hydrogen) atoms. The van der Waals surface area contributed by atoms with Crippen molar-refractivity contribution in [3.8, 4) is 5.75 Å². The summed E-state index contributed by atoms with van der Waals surface area (Å²) in [5.41, 5.74) is 11.4. The normalized spacial score (nSPS) is 9.71. The number of ether oxygens (including phenoxy) is 1. The Morgan fingerprint density at radius 3 is 2.71 bits per heavy atom. The van der Waals surface area contributed by atoms with Gasteiger partial charge in [-0.1, -0.05) is 0 Å². The summed E-state index contributed by atoms with van der Waals surface area (Å²) in [6.07, 6.45) is 0.207. The van der Waals surface area contributed by atoms with E-state index in [9.17, 15) is 9.59 Å². The summed E-state index contributed by atoms with van der Waals surface area (Å²) < 4.78 is 5.31. The molecule has 0 saturated heterocycles. The Labute approximate surface area is 98.9 Å². The molecular formula is C11H15N3O3. The molecule has 92 valence electrons. The van der Waals surface area contributed by atoms with Crippen molar-refractivity contribution < 1.29 is 14.3 Å². The molecule has 0 atom stereocenters. The molecule has 0 saturated carbocycles. The number of nitrogens with two attached hydrogens (primary N) is 2. The van der Waals surface area contributed by atoms with Crippen LogP contribution in [-0.4, -0.2) is 25.5 Å². The molecular weight excluding hydrogens is 222 g/mol. The lowest BCUT2D eigenvalue weighted by atomic mass is 10.1. The lowest BCUT2D eigenvalue weighted by Gasteiger charge is -2.09. The number of primary amides is 1. The van der Waals surface area contributed by atoms with Crippen LogP contribution in [-0.2, 0) is 4.79 Å². The Bertz CT molecular complexity index is 432. The van der Waals surface area contributed by atoms with E-state index in [1.54, 1.807) is 19.2 Å². The van der Waals surface area contributed by atoms with Crippen molar-refractivity contribution in [3.63, 3.8) is 0 Å². The first-order valence-corrected chi connectivity index (χ1v) is 5.07. The molecule has 0 aliphatic heterocycles. The number of nitrogen functional groups attached to an aromatic ring is 1. The molecule has 0 spiro atoms. The summed E-state index contributed by atoms with van der Waals surface area (Å²) in [5.74, 6) is -0.427. The number of benzene rings is 1. The van der Waals surface area contributed by atoms with Gasteiger partial charge in [0.2, 0.25) is 5.91 Å². The second kappa shape index (κ2) is 5.74. The summed E-state index contributed by atoms with van der Waals surface area (Å²) in [6.45, 7) is 0.171. The highest BCUT2D eigenvalue weighted by Gasteiger charge is 2.10. The first-order chi connectivity index (χ1) is 8.04. The lowest BCUT2D eigenvalue weighted by Crippen LogP contribution is -2.20. The number of hydrogen-bond acceptors (Lipinski definition) is 4. The van der Waals surface area contributed by atoms with Crippen LogP contribution in [0.25, 0.3) is 0 Å². The standard InChI is InChI=1S/C11H15N3O3/c1-14-10(15)4-5-17-9-3-2-7(12)6-8(9)11(13)16/h2-3,6H,4-5,12H2,1H3,(H2,13,16)(H,14,15). The van der Waals surface area contributed by atoms with Gasteiger partial charge in [0.05, 0.1) is 18.6 Å². The minimum Gasteiger partial charge on any atom is -0.492 e. The first kappa shape index (κ1) is 12.8. The molecule has 0 fully saturated rings. The van der Waals surface area contributed by atoms with Crippen LogP contribution in [0.4, 0.5) is 5.69 Å². The average molecular weight is 237 g/mol. The number of amides is 2. The van der Waals surface area contributed by atoms with Crippen LogP contribution >= 0.6 is 0 Å². The highest BCUT2D eigenvalue weighted by Crippen LogP contribution is 2.20. The van der Waals surface area contributed by atoms with Gasteiger partial charge in [0.25, 0.3) is 5.91 Å². The second-order valence-corrected chi connectivity index (χ2v) is 3.39. The fourth-order valence-electron chi connectivity index (χ4n) is 1.24. The Morgan fingerprint density at radius 1 is 1.41 bits per heavy atom. The molecule has 0 aliphatic rings. The largest absolute Gasteiger partial charge is 0.492 e. The van der Waals surface area contributed by atoms with Gasteiger partial charge in [-0.3, -0.25) is 9.59 Å². The monoisotopic (exact) mass is 237 g/mol. The van der Waals surface area contributed by atoms with Crippen LogP contribution in [0.5, 0.6) is 5.75 Å². The number of carbonyl (C=O) groups excluding carboxylic acids is 2. The highest BCUT2D eigenvalue weighted by molar-refractivity contribution is 5.96. The van der Waals surface area contributed by atoms with E-state index >= 15 is 0 Å². The fourth-order valence-corrected chi connectivity index (χ4v) is 1.24. The second-order valence-electron chi connectivity index (χ2n) is 3.39. The number of anilines is 1. The number of rotatable bonds is 5. The zero-order valence-corrected chi connectivity index (χ0v) is 9.53. The van der Waals surface area contributed by atoms with Crippen molar-refractivity contribution >= 4 is 17.5 Å². The maximum atomic E-state index is 11.1. The topological polar surface area (TPSA) is 107 Å². The van der Waals surface area contributed by atoms with Crippen molar-refractivity contribution in [2.24, 2.45) is 5.73 Å². The van der Waals surface area contributed by atoms with Gasteiger partial charge in [0, 0.05) is 12.7 Å². The molecule has 1 aromatic carbocycles.